The third-order valence-electron chi connectivity index (χ3n) is 19.2. The minimum absolute atomic E-state index is 0.549. The van der Waals surface area contributed by atoms with Crippen molar-refractivity contribution in [3.8, 4) is 66.8 Å². The van der Waals surface area contributed by atoms with E-state index in [1.807, 2.05) is 6.07 Å². The van der Waals surface area contributed by atoms with Gasteiger partial charge in [-0.3, -0.25) is 0 Å². The van der Waals surface area contributed by atoms with Crippen LogP contribution in [0.15, 0.2) is 326 Å². The lowest BCUT2D eigenvalue weighted by Crippen LogP contribution is -2.29. The van der Waals surface area contributed by atoms with Crippen molar-refractivity contribution >= 4 is 49.8 Å². The molecule has 0 fully saturated rings. The van der Waals surface area contributed by atoms with E-state index in [2.05, 4.69) is 320 Å². The second-order valence-electron chi connectivity index (χ2n) is 23.3. The molecule has 1 unspecified atom stereocenters. The van der Waals surface area contributed by atoms with E-state index < -0.39 is 10.8 Å². The lowest BCUT2D eigenvalue weighted by Gasteiger charge is -2.35. The first-order valence-electron chi connectivity index (χ1n) is 29.9. The Bertz CT molecular complexity index is 5170. The van der Waals surface area contributed by atoms with E-state index in [0.717, 1.165) is 50.1 Å². The number of benzene rings is 14. The van der Waals surface area contributed by atoms with E-state index in [1.54, 1.807) is 0 Å². The highest BCUT2D eigenvalue weighted by Gasteiger charge is 2.54. The van der Waals surface area contributed by atoms with Crippen LogP contribution >= 0.6 is 0 Å². The highest BCUT2D eigenvalue weighted by molar-refractivity contribution is 6.10. The molecule has 15 aromatic rings. The zero-order valence-electron chi connectivity index (χ0n) is 47.0. The van der Waals surface area contributed by atoms with Gasteiger partial charge in [-0.05, 0) is 165 Å². The van der Waals surface area contributed by atoms with E-state index in [0.29, 0.717) is 0 Å². The average molecular weight is 1090 g/mol. The predicted molar refractivity (Wildman–Crippen MR) is 356 cm³/mol. The molecule has 3 aliphatic carbocycles. The second-order valence-corrected chi connectivity index (χ2v) is 23.3. The normalized spacial score (nSPS) is 14.7. The van der Waals surface area contributed by atoms with Gasteiger partial charge < -0.3 is 9.32 Å². The Balaban J connectivity index is 0.847. The summed E-state index contributed by atoms with van der Waals surface area (Å²) < 4.78 is 6.58. The minimum Gasteiger partial charge on any atom is -0.455 e. The number of hydrogen-bond acceptors (Lipinski definition) is 2. The van der Waals surface area contributed by atoms with Gasteiger partial charge in [-0.25, -0.2) is 0 Å². The van der Waals surface area contributed by atoms with Gasteiger partial charge in [0, 0.05) is 33.4 Å². The summed E-state index contributed by atoms with van der Waals surface area (Å²) in [6, 6.07) is 120. The molecule has 86 heavy (non-hydrogen) atoms. The molecule has 2 nitrogen and oxygen atoms in total. The van der Waals surface area contributed by atoms with Gasteiger partial charge in [0.2, 0.25) is 0 Å². The summed E-state index contributed by atoms with van der Waals surface area (Å²) in [5.41, 5.74) is 28.7. The monoisotopic (exact) mass is 1090 g/mol. The summed E-state index contributed by atoms with van der Waals surface area (Å²) in [5.74, 6) is 0. The molecule has 0 N–H and O–H groups in total. The summed E-state index contributed by atoms with van der Waals surface area (Å²) in [5, 5.41) is 4.80. The smallest absolute Gasteiger partial charge is 0.143 e. The third kappa shape index (κ3) is 6.78. The molecule has 3 aliphatic rings. The first-order valence-corrected chi connectivity index (χ1v) is 29.9. The SMILES string of the molecule is c1ccc(-c2ccc(N(c3ccc(-c4cccc5c4oc4ccccc45)cc3)c3ccc4c(c3)C(c3ccccc3)(c3ccccc3)c3cc(-c5cccc6c5C5(c7ccccc7-6)c6ccccc6-c6c5ccc5ccccc65)ccc3-4)cc2)cc1. The minimum atomic E-state index is -0.707. The number of furan rings is 1. The third-order valence-corrected chi connectivity index (χ3v) is 19.2. The van der Waals surface area contributed by atoms with Crippen molar-refractivity contribution in [2.45, 2.75) is 10.8 Å². The Hall–Kier alpha value is -11.1. The Morgan fingerprint density at radius 3 is 1.50 bits per heavy atom. The van der Waals surface area contributed by atoms with E-state index in [1.165, 1.54) is 111 Å². The molecule has 1 aromatic heterocycles. The number of rotatable bonds is 8. The molecule has 0 radical (unpaired) electrons. The van der Waals surface area contributed by atoms with Crippen LogP contribution < -0.4 is 4.90 Å². The summed E-state index contributed by atoms with van der Waals surface area (Å²) >= 11 is 0. The van der Waals surface area contributed by atoms with Gasteiger partial charge in [-0.1, -0.05) is 273 Å². The van der Waals surface area contributed by atoms with Crippen LogP contribution in [0.5, 0.6) is 0 Å². The van der Waals surface area contributed by atoms with Crippen LogP contribution in [0, 0.1) is 0 Å². The summed E-state index contributed by atoms with van der Waals surface area (Å²) in [6.45, 7) is 0. The number of anilines is 3. The molecule has 18 rings (SSSR count). The molecule has 1 atom stereocenters. The van der Waals surface area contributed by atoms with Crippen molar-refractivity contribution < 1.29 is 4.42 Å². The number of fused-ring (bicyclic) bond motifs is 18. The summed E-state index contributed by atoms with van der Waals surface area (Å²) in [4.78, 5) is 2.43. The largest absolute Gasteiger partial charge is 0.455 e. The standard InChI is InChI=1S/C84H53NO/c1-4-20-54(21-5-1)55-38-44-61(45-39-55)85(62-46-40-57(41-47-62)66-32-19-34-72-70-29-14-17-37-79(70)86-82(66)72)63-48-50-69-68-49-42-58(52-77(68)83(78(69)53-63,59-23-6-2-7-24-59)60-25-8-3-9-26-60)65-31-18-33-71-67-28-12-15-35-74(67)84(81(65)71)75-36-16-13-30-73(75)80-64-27-11-10-22-56(64)43-51-76(80)84/h1-53H. The van der Waals surface area contributed by atoms with Crippen LogP contribution in [0.3, 0.4) is 0 Å². The molecule has 14 aromatic carbocycles. The molecule has 1 heterocycles. The fourth-order valence-corrected chi connectivity index (χ4v) is 15.6. The van der Waals surface area contributed by atoms with E-state index >= 15 is 0 Å². The van der Waals surface area contributed by atoms with Crippen LogP contribution in [0.4, 0.5) is 17.1 Å². The zero-order valence-corrected chi connectivity index (χ0v) is 47.0. The van der Waals surface area contributed by atoms with Crippen LogP contribution in [-0.4, -0.2) is 0 Å². The molecular formula is C84H53NO. The fraction of sp³-hybridized carbons (Fsp3) is 0.0238. The lowest BCUT2D eigenvalue weighted by molar-refractivity contribution is 0.670. The molecule has 2 heteroatoms. The summed E-state index contributed by atoms with van der Waals surface area (Å²) in [6.07, 6.45) is 0. The van der Waals surface area contributed by atoms with Gasteiger partial charge in [0.15, 0.2) is 0 Å². The zero-order chi connectivity index (χ0) is 56.5. The molecule has 0 bridgehead atoms. The van der Waals surface area contributed by atoms with E-state index in [4.69, 9.17) is 4.42 Å². The van der Waals surface area contributed by atoms with Crippen LogP contribution in [0.25, 0.3) is 99.5 Å². The van der Waals surface area contributed by atoms with Crippen LogP contribution in [-0.2, 0) is 10.8 Å². The molecule has 0 aliphatic heterocycles. The Kier molecular flexibility index (Phi) is 10.6. The van der Waals surface area contributed by atoms with Gasteiger partial charge in [-0.2, -0.15) is 0 Å². The number of para-hydroxylation sites is 2. The topological polar surface area (TPSA) is 16.4 Å². The van der Waals surface area contributed by atoms with Gasteiger partial charge in [0.25, 0.3) is 0 Å². The Labute approximate surface area is 499 Å². The lowest BCUT2D eigenvalue weighted by atomic mass is 9.66. The van der Waals surface area contributed by atoms with Crippen molar-refractivity contribution in [1.82, 2.24) is 0 Å². The van der Waals surface area contributed by atoms with Gasteiger partial charge >= 0.3 is 0 Å². The molecule has 400 valence electrons. The van der Waals surface area contributed by atoms with Crippen molar-refractivity contribution in [2.75, 3.05) is 4.90 Å². The van der Waals surface area contributed by atoms with Gasteiger partial charge in [0.05, 0.1) is 10.8 Å². The first-order chi connectivity index (χ1) is 42.7. The predicted octanol–water partition coefficient (Wildman–Crippen LogP) is 21.9. The maximum atomic E-state index is 6.58. The van der Waals surface area contributed by atoms with Crippen molar-refractivity contribution in [3.63, 3.8) is 0 Å². The molecule has 0 amide bonds. The van der Waals surface area contributed by atoms with Gasteiger partial charge in [0.1, 0.15) is 11.2 Å². The maximum absolute atomic E-state index is 6.58. The second kappa shape index (κ2) is 18.7. The Morgan fingerprint density at radius 2 is 0.756 bits per heavy atom. The van der Waals surface area contributed by atoms with Crippen molar-refractivity contribution in [1.29, 1.82) is 0 Å². The van der Waals surface area contributed by atoms with E-state index in [9.17, 15) is 0 Å². The van der Waals surface area contributed by atoms with Crippen molar-refractivity contribution in [3.05, 3.63) is 366 Å². The first kappa shape index (κ1) is 48.5. The highest BCUT2D eigenvalue weighted by Crippen LogP contribution is 2.66. The van der Waals surface area contributed by atoms with Crippen molar-refractivity contribution in [2.24, 2.45) is 0 Å². The highest BCUT2D eigenvalue weighted by atomic mass is 16.3. The van der Waals surface area contributed by atoms with E-state index in [-0.39, 0.29) is 0 Å². The van der Waals surface area contributed by atoms with Crippen LogP contribution in [0.1, 0.15) is 44.5 Å². The quantitative estimate of drug-likeness (QED) is 0.151. The Morgan fingerprint density at radius 1 is 0.256 bits per heavy atom. The average Bonchev–Trinajstić information content (AvgIpc) is 1.51. The number of hydrogen-bond donors (Lipinski definition) is 0. The fourth-order valence-electron chi connectivity index (χ4n) is 15.6. The summed E-state index contributed by atoms with van der Waals surface area (Å²) in [7, 11) is 0. The number of nitrogens with zero attached hydrogens (tertiary/aromatic N) is 1. The van der Waals surface area contributed by atoms with Gasteiger partial charge in [-0.15, -0.1) is 0 Å². The molecule has 0 saturated carbocycles. The van der Waals surface area contributed by atoms with Crippen LogP contribution in [0.2, 0.25) is 0 Å². The molecule has 0 saturated heterocycles. The molecular weight excluding hydrogens is 1040 g/mol. The maximum Gasteiger partial charge on any atom is 0.143 e. The molecule has 1 spiro atoms.